The molecule has 0 unspecified atom stereocenters. The Morgan fingerprint density at radius 2 is 1.54 bits per heavy atom. The van der Waals surface area contributed by atoms with Crippen molar-refractivity contribution in [1.29, 1.82) is 0 Å². The molecule has 1 heterocycles. The maximum atomic E-state index is 14.0. The Balaban J connectivity index is 1.38. The molecule has 2 aliphatic carbocycles. The summed E-state index contributed by atoms with van der Waals surface area (Å²) in [6.07, 6.45) is 13.9. The summed E-state index contributed by atoms with van der Waals surface area (Å²) in [5.74, 6) is 0.269. The van der Waals surface area contributed by atoms with E-state index >= 15 is 0 Å². The molecule has 1 aliphatic heterocycles. The highest BCUT2D eigenvalue weighted by Gasteiger charge is 2.34. The number of hydrogen-bond acceptors (Lipinski definition) is 5. The van der Waals surface area contributed by atoms with Gasteiger partial charge in [0.05, 0.1) is 6.04 Å². The summed E-state index contributed by atoms with van der Waals surface area (Å²) in [6.45, 7) is 10.8. The van der Waals surface area contributed by atoms with Gasteiger partial charge in [0.2, 0.25) is 5.91 Å². The zero-order chi connectivity index (χ0) is 27.6. The van der Waals surface area contributed by atoms with E-state index in [0.717, 1.165) is 94.4 Å². The molecule has 7 heteroatoms. The Labute approximate surface area is 243 Å². The number of nitrogens with two attached hydrogens (primary N) is 1. The maximum Gasteiger partial charge on any atom is 0.240 e. The highest BCUT2D eigenvalue weighted by molar-refractivity contribution is 6.30. The van der Waals surface area contributed by atoms with Gasteiger partial charge >= 0.3 is 0 Å². The third kappa shape index (κ3) is 9.16. The molecule has 1 atom stereocenters. The molecule has 4 rings (SSSR count). The Kier molecular flexibility index (Phi) is 12.4. The number of nitrogens with one attached hydrogen (secondary N) is 1. The fraction of sp³-hybridized carbons (Fsp3) is 0.781. The van der Waals surface area contributed by atoms with Crippen molar-refractivity contribution in [1.82, 2.24) is 20.0 Å². The van der Waals surface area contributed by atoms with E-state index in [1.165, 1.54) is 32.1 Å². The van der Waals surface area contributed by atoms with Gasteiger partial charge in [0.25, 0.3) is 0 Å². The molecule has 1 aromatic rings. The zero-order valence-corrected chi connectivity index (χ0v) is 25.4. The van der Waals surface area contributed by atoms with Crippen molar-refractivity contribution >= 4 is 17.5 Å². The minimum atomic E-state index is -0.195. The van der Waals surface area contributed by atoms with Crippen molar-refractivity contribution in [2.24, 2.45) is 5.73 Å². The molecular weight excluding hydrogens is 506 g/mol. The molecular formula is C32H54ClN5O. The normalized spacial score (nSPS) is 24.4. The van der Waals surface area contributed by atoms with Crippen molar-refractivity contribution in [3.63, 3.8) is 0 Å². The maximum absolute atomic E-state index is 14.0. The molecule has 1 saturated heterocycles. The fourth-order valence-electron chi connectivity index (χ4n) is 7.16. The van der Waals surface area contributed by atoms with E-state index in [-0.39, 0.29) is 11.9 Å². The standard InChI is InChI=1S/C32H54ClN5O/c1-3-36(4-2)22-23-38(29-8-6-5-7-9-29)30-18-20-37(21-19-30)32(39)31(24-25-10-12-26(33)13-11-25)35-28-16-14-27(34)15-17-28/h10-13,27-31,35H,3-9,14-24,34H2,1-2H3/t27?,28?,31-/m1/s1. The lowest BCUT2D eigenvalue weighted by atomic mass is 9.90. The van der Waals surface area contributed by atoms with Crippen molar-refractivity contribution in [3.8, 4) is 0 Å². The molecule has 3 aliphatic rings. The number of rotatable bonds is 12. The van der Waals surface area contributed by atoms with Crippen molar-refractivity contribution in [2.45, 2.75) is 121 Å². The van der Waals surface area contributed by atoms with Crippen LogP contribution in [-0.4, -0.2) is 90.1 Å². The number of hydrogen-bond donors (Lipinski definition) is 2. The Bertz CT molecular complexity index is 841. The molecule has 0 aromatic heterocycles. The van der Waals surface area contributed by atoms with Crippen molar-refractivity contribution < 1.29 is 4.79 Å². The van der Waals surface area contributed by atoms with E-state index < -0.39 is 0 Å². The summed E-state index contributed by atoms with van der Waals surface area (Å²) >= 11 is 6.14. The number of carbonyl (C=O) groups excluding carboxylic acids is 1. The first-order valence-electron chi connectivity index (χ1n) is 16.0. The number of piperidine rings is 1. The lowest BCUT2D eigenvalue weighted by Gasteiger charge is -2.45. The lowest BCUT2D eigenvalue weighted by molar-refractivity contribution is -0.135. The first kappa shape index (κ1) is 30.8. The summed E-state index contributed by atoms with van der Waals surface area (Å²) in [7, 11) is 0. The minimum Gasteiger partial charge on any atom is -0.341 e. The van der Waals surface area contributed by atoms with Crippen LogP contribution in [0.3, 0.4) is 0 Å². The lowest BCUT2D eigenvalue weighted by Crippen LogP contribution is -2.56. The highest BCUT2D eigenvalue weighted by Crippen LogP contribution is 2.28. The van der Waals surface area contributed by atoms with E-state index in [1.54, 1.807) is 0 Å². The van der Waals surface area contributed by atoms with Crippen LogP contribution in [0.4, 0.5) is 0 Å². The summed E-state index contributed by atoms with van der Waals surface area (Å²) in [4.78, 5) is 21.5. The van der Waals surface area contributed by atoms with Gasteiger partial charge in [-0.25, -0.2) is 0 Å². The summed E-state index contributed by atoms with van der Waals surface area (Å²) in [5.41, 5.74) is 7.32. The molecule has 1 aromatic carbocycles. The van der Waals surface area contributed by atoms with Gasteiger partial charge in [-0.05, 0) is 88.6 Å². The van der Waals surface area contributed by atoms with E-state index in [1.807, 2.05) is 12.1 Å². The number of benzene rings is 1. The quantitative estimate of drug-likeness (QED) is 0.374. The topological polar surface area (TPSA) is 64.8 Å². The van der Waals surface area contributed by atoms with Gasteiger partial charge in [-0.15, -0.1) is 0 Å². The molecule has 6 nitrogen and oxygen atoms in total. The first-order chi connectivity index (χ1) is 19.0. The Morgan fingerprint density at radius 3 is 2.15 bits per heavy atom. The zero-order valence-electron chi connectivity index (χ0n) is 24.6. The van der Waals surface area contributed by atoms with E-state index in [9.17, 15) is 4.79 Å². The summed E-state index contributed by atoms with van der Waals surface area (Å²) in [5, 5.41) is 4.51. The predicted molar refractivity (Wildman–Crippen MR) is 163 cm³/mol. The van der Waals surface area contributed by atoms with Gasteiger partial charge in [0, 0.05) is 55.4 Å². The van der Waals surface area contributed by atoms with Crippen molar-refractivity contribution in [3.05, 3.63) is 34.9 Å². The van der Waals surface area contributed by atoms with Gasteiger partial charge in [-0.1, -0.05) is 56.8 Å². The molecule has 39 heavy (non-hydrogen) atoms. The monoisotopic (exact) mass is 559 g/mol. The van der Waals surface area contributed by atoms with Crippen LogP contribution in [0.25, 0.3) is 0 Å². The van der Waals surface area contributed by atoms with Gasteiger partial charge in [-0.3, -0.25) is 9.69 Å². The van der Waals surface area contributed by atoms with Gasteiger partial charge < -0.3 is 20.9 Å². The Hall–Kier alpha value is -1.18. The van der Waals surface area contributed by atoms with Crippen LogP contribution >= 0.6 is 11.6 Å². The van der Waals surface area contributed by atoms with Crippen LogP contribution in [0, 0.1) is 0 Å². The molecule has 1 amide bonds. The second kappa shape index (κ2) is 15.7. The highest BCUT2D eigenvalue weighted by atomic mass is 35.5. The molecule has 2 saturated carbocycles. The molecule has 3 fully saturated rings. The number of likely N-dealkylation sites (N-methyl/N-ethyl adjacent to an activating group) is 1. The van der Waals surface area contributed by atoms with Gasteiger partial charge in [0.15, 0.2) is 0 Å². The fourth-order valence-corrected chi connectivity index (χ4v) is 7.28. The van der Waals surface area contributed by atoms with Gasteiger partial charge in [-0.2, -0.15) is 0 Å². The van der Waals surface area contributed by atoms with Crippen LogP contribution in [0.2, 0.25) is 5.02 Å². The molecule has 220 valence electrons. The number of likely N-dealkylation sites (tertiary alicyclic amines) is 1. The third-order valence-corrected chi connectivity index (χ3v) is 9.97. The number of carbonyl (C=O) groups is 1. The minimum absolute atomic E-state index is 0.195. The van der Waals surface area contributed by atoms with Crippen LogP contribution in [0.1, 0.15) is 90.0 Å². The first-order valence-corrected chi connectivity index (χ1v) is 16.4. The Morgan fingerprint density at radius 1 is 0.923 bits per heavy atom. The predicted octanol–water partition coefficient (Wildman–Crippen LogP) is 5.08. The van der Waals surface area contributed by atoms with Crippen LogP contribution in [0.15, 0.2) is 24.3 Å². The van der Waals surface area contributed by atoms with E-state index in [0.29, 0.717) is 24.5 Å². The molecule has 0 spiro atoms. The number of amides is 1. The third-order valence-electron chi connectivity index (χ3n) is 9.72. The molecule has 3 N–H and O–H groups in total. The smallest absolute Gasteiger partial charge is 0.240 e. The van der Waals surface area contributed by atoms with Crippen LogP contribution in [-0.2, 0) is 11.2 Å². The average molecular weight is 560 g/mol. The van der Waals surface area contributed by atoms with Crippen molar-refractivity contribution in [2.75, 3.05) is 39.3 Å². The summed E-state index contributed by atoms with van der Waals surface area (Å²) in [6, 6.07) is 9.78. The van der Waals surface area contributed by atoms with E-state index in [4.69, 9.17) is 17.3 Å². The van der Waals surface area contributed by atoms with Gasteiger partial charge in [0.1, 0.15) is 0 Å². The number of nitrogens with zero attached hydrogens (tertiary/aromatic N) is 3. The summed E-state index contributed by atoms with van der Waals surface area (Å²) < 4.78 is 0. The largest absolute Gasteiger partial charge is 0.341 e. The molecule has 0 radical (unpaired) electrons. The molecule has 0 bridgehead atoms. The second-order valence-electron chi connectivity index (χ2n) is 12.3. The SMILES string of the molecule is CCN(CC)CCN(C1CCCCC1)C1CCN(C(=O)[C@@H](Cc2ccc(Cl)cc2)NC2CCC(N)CC2)CC1. The average Bonchev–Trinajstić information content (AvgIpc) is 2.97. The van der Waals surface area contributed by atoms with Crippen LogP contribution in [0.5, 0.6) is 0 Å². The number of halogens is 1. The second-order valence-corrected chi connectivity index (χ2v) is 12.7. The van der Waals surface area contributed by atoms with Crippen LogP contribution < -0.4 is 11.1 Å². The van der Waals surface area contributed by atoms with E-state index in [2.05, 4.69) is 46.0 Å².